The fourth-order valence-corrected chi connectivity index (χ4v) is 11.5. The Morgan fingerprint density at radius 3 is 1.08 bits per heavy atom. The summed E-state index contributed by atoms with van der Waals surface area (Å²) in [5.74, 6) is 2.29. The highest BCUT2D eigenvalue weighted by molar-refractivity contribution is 5.90. The Morgan fingerprint density at radius 2 is 0.710 bits per heavy atom. The van der Waals surface area contributed by atoms with Gasteiger partial charge in [0, 0.05) is 33.4 Å². The van der Waals surface area contributed by atoms with E-state index in [1.807, 2.05) is 36.4 Å². The van der Waals surface area contributed by atoms with E-state index in [1.165, 1.54) is 107 Å². The van der Waals surface area contributed by atoms with Crippen LogP contribution in [0.25, 0.3) is 44.5 Å². The lowest BCUT2D eigenvalue weighted by atomic mass is 9.76. The Balaban J connectivity index is 0.856. The van der Waals surface area contributed by atoms with Crippen LogP contribution in [0.4, 0.5) is 0 Å². The van der Waals surface area contributed by atoms with Crippen LogP contribution in [-0.4, -0.2) is 23.4 Å². The summed E-state index contributed by atoms with van der Waals surface area (Å²) in [7, 11) is 0. The van der Waals surface area contributed by atoms with Gasteiger partial charge in [-0.3, -0.25) is 0 Å². The molecule has 4 aliphatic carbocycles. The molecule has 0 aliphatic heterocycles. The topological polar surface area (TPSA) is 58.9 Å². The van der Waals surface area contributed by atoms with Crippen molar-refractivity contribution in [1.29, 1.82) is 0 Å². The van der Waals surface area contributed by atoms with E-state index in [1.54, 1.807) is 0 Å². The summed E-state index contributed by atoms with van der Waals surface area (Å²) in [6, 6.07) is 30.0. The fourth-order valence-electron chi connectivity index (χ4n) is 11.5. The summed E-state index contributed by atoms with van der Waals surface area (Å²) in [6.07, 6.45) is 20.3. The second kappa shape index (κ2) is 17.7. The summed E-state index contributed by atoms with van der Waals surface area (Å²) in [4.78, 5) is 0. The third-order valence-corrected chi connectivity index (χ3v) is 14.4. The van der Waals surface area contributed by atoms with Gasteiger partial charge >= 0.3 is 0 Å². The van der Waals surface area contributed by atoms with E-state index in [0.29, 0.717) is 24.7 Å². The van der Waals surface area contributed by atoms with Gasteiger partial charge in [-0.1, -0.05) is 48.5 Å². The smallest absolute Gasteiger partial charge is 0.131 e. The quantitative estimate of drug-likeness (QED) is 0.128. The first-order valence-electron chi connectivity index (χ1n) is 23.9. The van der Waals surface area contributed by atoms with Crippen molar-refractivity contribution in [2.24, 2.45) is 0 Å². The minimum atomic E-state index is 0.361. The number of aryl methyl sites for hydroxylation is 6. The average molecular weight is 823 g/mol. The van der Waals surface area contributed by atoms with E-state index in [2.05, 4.69) is 62.4 Å². The summed E-state index contributed by atoms with van der Waals surface area (Å²) in [6.45, 7) is 5.37. The highest BCUT2D eigenvalue weighted by Gasteiger charge is 2.28. The van der Waals surface area contributed by atoms with Gasteiger partial charge in [-0.2, -0.15) is 0 Å². The first-order valence-corrected chi connectivity index (χ1v) is 23.9. The lowest BCUT2D eigenvalue weighted by Gasteiger charge is -2.28. The number of hydrogen-bond acceptors (Lipinski definition) is 4. The van der Waals surface area contributed by atoms with Crippen LogP contribution in [0.5, 0.6) is 23.0 Å². The van der Waals surface area contributed by atoms with Crippen molar-refractivity contribution in [2.45, 2.75) is 129 Å². The van der Waals surface area contributed by atoms with Gasteiger partial charge in [-0.25, -0.2) is 0 Å². The molecule has 0 saturated heterocycles. The summed E-state index contributed by atoms with van der Waals surface area (Å²) in [5.41, 5.74) is 22.2. The van der Waals surface area contributed by atoms with Crippen LogP contribution in [0.2, 0.25) is 0 Å². The second-order valence-electron chi connectivity index (χ2n) is 18.7. The second-order valence-corrected chi connectivity index (χ2v) is 18.7. The van der Waals surface area contributed by atoms with E-state index in [0.717, 1.165) is 120 Å². The standard InChI is InChI=1S/C58H62O4/c1-37-31-49(57(59)51(33-37)55-43-21-7-3-17-39(43)35-40-18-4-8-22-44(40)55)47-25-11-13-27-53(47)61-29-15-16-30-62-54-28-14-12-26-48(54)50-32-38(2)34-52(58(50)60)56-45-23-9-5-19-41(45)36-42-20-6-10-24-46(42)56/h11-14,25-28,31-36,59-60H,3-10,15-24,29-30H2,1-2H3. The molecule has 0 spiro atoms. The van der Waals surface area contributed by atoms with Gasteiger partial charge in [-0.05, 0) is 233 Å². The normalized spacial score (nSPS) is 15.6. The molecule has 4 nitrogen and oxygen atoms in total. The maximum Gasteiger partial charge on any atom is 0.131 e. The molecule has 6 aromatic rings. The zero-order valence-corrected chi connectivity index (χ0v) is 36.9. The van der Waals surface area contributed by atoms with E-state index in [9.17, 15) is 10.2 Å². The number of hydrogen-bond donors (Lipinski definition) is 2. The molecule has 0 aromatic heterocycles. The van der Waals surface area contributed by atoms with Crippen molar-refractivity contribution >= 4 is 0 Å². The number of aromatic hydroxyl groups is 2. The minimum Gasteiger partial charge on any atom is -0.507 e. The number of unbranched alkanes of at least 4 members (excludes halogenated alkanes) is 1. The zero-order chi connectivity index (χ0) is 42.2. The maximum absolute atomic E-state index is 12.2. The SMILES string of the molecule is Cc1cc(-c2ccccc2OCCCCOc2ccccc2-c2cc(C)cc(-c3c4c(cc5c3CCCC5)CCCC4)c2O)c(O)c(-c2c3c(cc4c2CCCC4)CCCC3)c1. The monoisotopic (exact) mass is 822 g/mol. The molecular formula is C58H62O4. The molecule has 62 heavy (non-hydrogen) atoms. The fraction of sp³-hybridized carbons (Fsp3) is 0.379. The molecule has 0 bridgehead atoms. The van der Waals surface area contributed by atoms with E-state index < -0.39 is 0 Å². The number of benzene rings is 6. The van der Waals surface area contributed by atoms with Crippen LogP contribution in [0.1, 0.15) is 120 Å². The third kappa shape index (κ3) is 7.80. The van der Waals surface area contributed by atoms with Gasteiger partial charge in [-0.15, -0.1) is 0 Å². The number of phenolic OH excluding ortho intramolecular Hbond substituents is 2. The van der Waals surface area contributed by atoms with Crippen LogP contribution in [-0.2, 0) is 51.4 Å². The predicted molar refractivity (Wildman–Crippen MR) is 254 cm³/mol. The van der Waals surface area contributed by atoms with Gasteiger partial charge in [0.2, 0.25) is 0 Å². The number of ether oxygens (including phenoxy) is 2. The molecule has 318 valence electrons. The van der Waals surface area contributed by atoms with Crippen molar-refractivity contribution in [1.82, 2.24) is 0 Å². The molecule has 0 atom stereocenters. The third-order valence-electron chi connectivity index (χ3n) is 14.4. The number of rotatable bonds is 11. The largest absolute Gasteiger partial charge is 0.507 e. The number of fused-ring (bicyclic) bond motifs is 4. The molecule has 2 N–H and O–H groups in total. The first kappa shape index (κ1) is 40.6. The molecule has 10 rings (SSSR count). The van der Waals surface area contributed by atoms with Crippen LogP contribution in [0, 0.1) is 13.8 Å². The van der Waals surface area contributed by atoms with E-state index in [-0.39, 0.29) is 0 Å². The molecule has 0 amide bonds. The Hall–Kier alpha value is -5.48. The lowest BCUT2D eigenvalue weighted by Crippen LogP contribution is -2.13. The van der Waals surface area contributed by atoms with Crippen molar-refractivity contribution in [3.63, 3.8) is 0 Å². The van der Waals surface area contributed by atoms with E-state index in [4.69, 9.17) is 9.47 Å². The molecule has 0 radical (unpaired) electrons. The number of phenols is 2. The first-order chi connectivity index (χ1) is 30.4. The van der Waals surface area contributed by atoms with Crippen molar-refractivity contribution in [3.8, 4) is 67.5 Å². The minimum absolute atomic E-state index is 0.361. The van der Waals surface area contributed by atoms with Crippen LogP contribution in [0.3, 0.4) is 0 Å². The van der Waals surface area contributed by atoms with Crippen molar-refractivity contribution in [2.75, 3.05) is 13.2 Å². The van der Waals surface area contributed by atoms with Gasteiger partial charge < -0.3 is 19.7 Å². The Kier molecular flexibility index (Phi) is 11.6. The molecule has 4 heteroatoms. The molecule has 0 fully saturated rings. The zero-order valence-electron chi connectivity index (χ0n) is 36.9. The van der Waals surface area contributed by atoms with Gasteiger partial charge in [0.05, 0.1) is 13.2 Å². The average Bonchev–Trinajstić information content (AvgIpc) is 3.30. The van der Waals surface area contributed by atoms with Crippen LogP contribution >= 0.6 is 0 Å². The molecule has 0 heterocycles. The molecule has 4 aliphatic rings. The Labute approximate surface area is 369 Å². The predicted octanol–water partition coefficient (Wildman–Crippen LogP) is 14.1. The molecular weight excluding hydrogens is 761 g/mol. The van der Waals surface area contributed by atoms with Gasteiger partial charge in [0.1, 0.15) is 23.0 Å². The Morgan fingerprint density at radius 1 is 0.387 bits per heavy atom. The van der Waals surface area contributed by atoms with Crippen molar-refractivity contribution < 1.29 is 19.7 Å². The summed E-state index contributed by atoms with van der Waals surface area (Å²) < 4.78 is 13.0. The molecule has 0 unspecified atom stereocenters. The van der Waals surface area contributed by atoms with Crippen LogP contribution < -0.4 is 9.47 Å². The lowest BCUT2D eigenvalue weighted by molar-refractivity contribution is 0.267. The van der Waals surface area contributed by atoms with Gasteiger partial charge in [0.15, 0.2) is 0 Å². The van der Waals surface area contributed by atoms with E-state index >= 15 is 0 Å². The highest BCUT2D eigenvalue weighted by Crippen LogP contribution is 2.49. The van der Waals surface area contributed by atoms with Gasteiger partial charge in [0.25, 0.3) is 0 Å². The number of para-hydroxylation sites is 2. The maximum atomic E-state index is 12.2. The van der Waals surface area contributed by atoms with Crippen LogP contribution in [0.15, 0.2) is 84.9 Å². The summed E-state index contributed by atoms with van der Waals surface area (Å²) >= 11 is 0. The van der Waals surface area contributed by atoms with Crippen molar-refractivity contribution in [3.05, 3.63) is 141 Å². The molecule has 6 aromatic carbocycles. The Bertz CT molecular complexity index is 2400. The summed E-state index contributed by atoms with van der Waals surface area (Å²) in [5, 5.41) is 24.4. The highest BCUT2D eigenvalue weighted by atomic mass is 16.5. The molecule has 0 saturated carbocycles.